The monoisotopic (exact) mass is 1270 g/mol. The highest BCUT2D eigenvalue weighted by atomic mass is 32.7. The Morgan fingerprint density at radius 3 is 1.95 bits per heavy atom. The standard InChI is InChI=1S/C39H59N9O23P4S4/c1-19(2)68-73(56,77)62-15-25-23(12-28(66-25)48-18-41-29-32(48)42-37(40)43-35(29)52)70-74(57,78)63-16-24-22(11-27(65-24)46-13-20(3)33(50)44-38(46)53)69-75(58,79)64-17-26-30(71-72(55,76)61-8-6-7-49)31(60-10-9-59-5)36(67-26)47-14-21(4)34(51)45-39(47)54/h13-14,18-19,22-28,30-31,36,49H,6-12,15-17H2,1-5H3,(H,55,76)(H,56,77)(H,57,78)(H,58,79)(H,44,50,53)(H,45,51,54)(H3,40,42,43,52)/p-4/t22?,23?,24-,25-,26-,27-,28-,30?,31+,36-,72?,73?,74?,75?/m1/s1. The van der Waals surface area contributed by atoms with E-state index in [1.165, 1.54) is 44.2 Å². The summed E-state index contributed by atoms with van der Waals surface area (Å²) in [7, 11) is 1.38. The molecule has 3 fully saturated rings. The number of aliphatic hydroxyl groups is 1. The van der Waals surface area contributed by atoms with Gasteiger partial charge in [0.15, 0.2) is 24.2 Å². The van der Waals surface area contributed by atoms with Crippen LogP contribution in [0.25, 0.3) is 11.2 Å². The summed E-state index contributed by atoms with van der Waals surface area (Å²) < 4.78 is 92.2. The number of nitrogen functional groups attached to an aromatic ring is 1. The molecule has 0 aromatic carbocycles. The number of aliphatic hydroxyl groups excluding tert-OH is 1. The molecule has 0 radical (unpaired) electrons. The summed E-state index contributed by atoms with van der Waals surface area (Å²) >= 11 is 20.9. The maximum absolute atomic E-state index is 14.3. The smallest absolute Gasteiger partial charge is 0.330 e. The Morgan fingerprint density at radius 2 is 1.33 bits per heavy atom. The van der Waals surface area contributed by atoms with E-state index < -0.39 is 142 Å². The Hall–Kier alpha value is -2.64. The van der Waals surface area contributed by atoms with Crippen molar-refractivity contribution in [3.05, 3.63) is 81.9 Å². The van der Waals surface area contributed by atoms with Gasteiger partial charge in [0.25, 0.3) is 16.7 Å². The number of fused-ring (bicyclic) bond motifs is 1. The van der Waals surface area contributed by atoms with Crippen molar-refractivity contribution in [2.24, 2.45) is 0 Å². The van der Waals surface area contributed by atoms with E-state index in [2.05, 4.69) is 24.9 Å². The molecule has 0 spiro atoms. The molecule has 7 rings (SSSR count). The zero-order valence-electron chi connectivity index (χ0n) is 42.3. The molecule has 0 amide bonds. The molecule has 14 atom stereocenters. The van der Waals surface area contributed by atoms with E-state index in [4.69, 9.17) is 113 Å². The van der Waals surface area contributed by atoms with Crippen LogP contribution in [-0.2, 0) is 112 Å². The Kier molecular flexibility index (Phi) is 21.8. The Labute approximate surface area is 467 Å². The number of H-pyrrole nitrogens is 3. The van der Waals surface area contributed by atoms with Crippen molar-refractivity contribution < 1.29 is 84.2 Å². The third kappa shape index (κ3) is 16.8. The number of nitrogens with one attached hydrogen (secondary N) is 3. The van der Waals surface area contributed by atoms with Crippen LogP contribution in [0.1, 0.15) is 62.9 Å². The van der Waals surface area contributed by atoms with Crippen LogP contribution in [0.5, 0.6) is 0 Å². The Bertz CT molecular complexity index is 3310. The number of hydrogen-bond acceptors (Lipinski definition) is 30. The molecule has 79 heavy (non-hydrogen) atoms. The molecule has 0 saturated carbocycles. The first-order valence-corrected chi connectivity index (χ1v) is 33.9. The van der Waals surface area contributed by atoms with Gasteiger partial charge in [0.2, 0.25) is 5.95 Å². The van der Waals surface area contributed by atoms with E-state index in [0.717, 1.165) is 9.13 Å². The average molecular weight is 1270 g/mol. The summed E-state index contributed by atoms with van der Waals surface area (Å²) in [4.78, 5) is 119. The number of ether oxygens (including phenoxy) is 5. The molecule has 3 aliphatic heterocycles. The van der Waals surface area contributed by atoms with Gasteiger partial charge in [-0.05, 0) is 34.1 Å². The number of nitrogens with zero attached hydrogens (tertiary/aromatic N) is 5. The molecule has 4 aromatic rings. The van der Waals surface area contributed by atoms with E-state index in [1.807, 2.05) is 0 Å². The van der Waals surface area contributed by atoms with Crippen LogP contribution in [0.15, 0.2) is 42.7 Å². The number of nitrogens with two attached hydrogens (primary N) is 1. The molecule has 0 aliphatic carbocycles. The van der Waals surface area contributed by atoms with Crippen LogP contribution >= 0.6 is 27.0 Å². The van der Waals surface area contributed by atoms with Crippen molar-refractivity contribution in [3.63, 3.8) is 0 Å². The lowest BCUT2D eigenvalue weighted by molar-refractivity contribution is -0.218. The van der Waals surface area contributed by atoms with Crippen molar-refractivity contribution in [1.82, 2.24) is 38.6 Å². The molecule has 6 N–H and O–H groups in total. The zero-order chi connectivity index (χ0) is 57.8. The number of aryl methyl sites for hydroxylation is 2. The minimum absolute atomic E-state index is 0.00126. The predicted molar refractivity (Wildman–Crippen MR) is 281 cm³/mol. The maximum Gasteiger partial charge on any atom is 0.330 e. The van der Waals surface area contributed by atoms with E-state index in [0.29, 0.717) is 0 Å². The average Bonchev–Trinajstić information content (AvgIpc) is 4.16. The van der Waals surface area contributed by atoms with Crippen LogP contribution in [-0.4, -0.2) is 146 Å². The van der Waals surface area contributed by atoms with Crippen LogP contribution in [0.3, 0.4) is 0 Å². The van der Waals surface area contributed by atoms with Crippen molar-refractivity contribution in [2.75, 3.05) is 59.1 Å². The summed E-state index contributed by atoms with van der Waals surface area (Å²) in [6.45, 7) is -15.1. The van der Waals surface area contributed by atoms with Gasteiger partial charge < -0.3 is 97.6 Å². The molecule has 32 nitrogen and oxygen atoms in total. The van der Waals surface area contributed by atoms with Gasteiger partial charge >= 0.3 is 11.4 Å². The number of rotatable bonds is 28. The van der Waals surface area contributed by atoms with E-state index in [9.17, 15) is 48.3 Å². The second kappa shape index (κ2) is 26.9. The first-order valence-electron chi connectivity index (χ1n) is 23.7. The molecule has 442 valence electrons. The molecule has 7 unspecified atom stereocenters. The molecule has 4 aromatic heterocycles. The summed E-state index contributed by atoms with van der Waals surface area (Å²) in [6, 6.07) is 0. The van der Waals surface area contributed by atoms with Gasteiger partial charge in [-0.25, -0.2) is 14.6 Å². The SMILES string of the molecule is COCCO[C@H]1C(OP([O-])(=S)OCCCO)[C@@H](COP(=O)([S-])OC2C[C@H](n3cc(C)c(=O)[nH]c3=O)O[C@@H]2COP([O-])(=S)OC2C[C@H](n3cnc4c(=O)[nH]c(N)nc43)O[C@@H]2COP([O-])(=S)OC(C)C)O[C@H]1n1cc(C)c(=O)[nH]c1=O. The predicted octanol–water partition coefficient (Wildman–Crippen LogP) is -1.64. The number of methoxy groups -OCH3 is 1. The lowest BCUT2D eigenvalue weighted by Gasteiger charge is -2.35. The van der Waals surface area contributed by atoms with Crippen molar-refractivity contribution in [2.45, 2.75) is 114 Å². The number of aromatic amines is 3. The van der Waals surface area contributed by atoms with Gasteiger partial charge in [-0.15, -0.1) is 0 Å². The topological polar surface area (TPSA) is 426 Å². The highest BCUT2D eigenvalue weighted by Gasteiger charge is 2.50. The third-order valence-corrected chi connectivity index (χ3v) is 18.2. The van der Waals surface area contributed by atoms with Gasteiger partial charge in [-0.1, -0.05) is 35.4 Å². The molecule has 3 aliphatic rings. The second-order valence-electron chi connectivity index (χ2n) is 18.0. The first kappa shape index (κ1) is 63.9. The zero-order valence-corrected chi connectivity index (χ0v) is 49.2. The Morgan fingerprint density at radius 1 is 0.759 bits per heavy atom. The van der Waals surface area contributed by atoms with Gasteiger partial charge in [0.05, 0.1) is 64.3 Å². The summed E-state index contributed by atoms with van der Waals surface area (Å²) in [6.07, 6.45) is -11.3. The molecular formula is C39H55N9O23P4S4-4. The normalized spacial score (nSPS) is 27.5. The molecular weight excluding hydrogens is 1210 g/mol. The van der Waals surface area contributed by atoms with Gasteiger partial charge in [-0.2, -0.15) is 4.98 Å². The highest BCUT2D eigenvalue weighted by Crippen LogP contribution is 2.53. The van der Waals surface area contributed by atoms with Crippen LogP contribution in [0, 0.1) is 13.8 Å². The fourth-order valence-corrected chi connectivity index (χ4v) is 14.2. The van der Waals surface area contributed by atoms with Crippen molar-refractivity contribution >= 4 is 91.7 Å². The van der Waals surface area contributed by atoms with Crippen LogP contribution in [0.2, 0.25) is 0 Å². The number of hydrogen-bond donors (Lipinski definition) is 5. The van der Waals surface area contributed by atoms with Crippen molar-refractivity contribution in [3.8, 4) is 0 Å². The van der Waals surface area contributed by atoms with E-state index in [1.54, 1.807) is 13.8 Å². The number of anilines is 1. The molecule has 0 bridgehead atoms. The lowest BCUT2D eigenvalue weighted by atomic mass is 10.1. The number of imidazole rings is 1. The van der Waals surface area contributed by atoms with E-state index >= 15 is 0 Å². The molecule has 40 heteroatoms. The third-order valence-electron chi connectivity index (χ3n) is 11.7. The lowest BCUT2D eigenvalue weighted by Crippen LogP contribution is -2.42. The fourth-order valence-electron chi connectivity index (χ4n) is 8.23. The van der Waals surface area contributed by atoms with Gasteiger partial charge in [0.1, 0.15) is 63.1 Å². The highest BCUT2D eigenvalue weighted by molar-refractivity contribution is 8.32. The minimum atomic E-state index is -4.83. The van der Waals surface area contributed by atoms with Crippen molar-refractivity contribution in [1.29, 1.82) is 0 Å². The van der Waals surface area contributed by atoms with Gasteiger partial charge in [0, 0.05) is 50.1 Å². The summed E-state index contributed by atoms with van der Waals surface area (Å²) in [5.74, 6) is -0.238. The first-order chi connectivity index (χ1) is 37.1. The summed E-state index contributed by atoms with van der Waals surface area (Å²) in [5, 5.41) is 9.29. The molecule has 7 heterocycles. The van der Waals surface area contributed by atoms with E-state index in [-0.39, 0.29) is 73.9 Å². The minimum Gasteiger partial charge on any atom is -0.780 e. The fraction of sp³-hybridized carbons (Fsp3) is 0.667. The van der Waals surface area contributed by atoms with Crippen LogP contribution < -0.4 is 48.5 Å². The summed E-state index contributed by atoms with van der Waals surface area (Å²) in [5.41, 5.74) is 1.94. The van der Waals surface area contributed by atoms with Crippen LogP contribution in [0.4, 0.5) is 5.95 Å². The van der Waals surface area contributed by atoms with Gasteiger partial charge in [-0.3, -0.25) is 47.6 Å². The second-order valence-corrected chi connectivity index (χ2v) is 28.8. The molecule has 3 saturated heterocycles. The maximum atomic E-state index is 14.3. The largest absolute Gasteiger partial charge is 0.780 e. The Balaban J connectivity index is 1.12. The number of aromatic nitrogens is 8. The quantitative estimate of drug-likeness (QED) is 0.0242.